The predicted octanol–water partition coefficient (Wildman–Crippen LogP) is 4.17. The van der Waals surface area contributed by atoms with E-state index in [1.165, 1.54) is 14.7 Å². The molecule has 2 aromatic rings. The number of hydrogen-bond acceptors (Lipinski definition) is 3. The standard InChI is InChI=1S/C22H19Cl2FN4O3/c23-15-8-13(25)9-16(24)19(15)26-21(31)27-6-7-28-18(11-27)20(30)29(22(28)32)17-10-14(17)12-4-2-1-3-5-12/h1-5,8-9,14,17-18H,6-7,10-11H2,(H,26,31)/t14-,17+,18?/m0/s1. The normalized spacial score (nSPS) is 24.6. The lowest BCUT2D eigenvalue weighted by Gasteiger charge is -2.35. The maximum absolute atomic E-state index is 13.4. The zero-order valence-electron chi connectivity index (χ0n) is 16.8. The Kier molecular flexibility index (Phi) is 5.22. The molecule has 10 heteroatoms. The molecule has 3 fully saturated rings. The first-order valence-corrected chi connectivity index (χ1v) is 11.0. The molecule has 2 saturated heterocycles. The minimum atomic E-state index is -0.724. The van der Waals surface area contributed by atoms with Crippen LogP contribution in [0, 0.1) is 5.82 Å². The van der Waals surface area contributed by atoms with Gasteiger partial charge in [0.15, 0.2) is 0 Å². The van der Waals surface area contributed by atoms with Crippen molar-refractivity contribution in [1.29, 1.82) is 0 Å². The molecule has 2 aliphatic heterocycles. The van der Waals surface area contributed by atoms with E-state index in [0.717, 1.165) is 24.1 Å². The second-order valence-corrected chi connectivity index (χ2v) is 8.96. The SMILES string of the molecule is O=C(Nc1c(Cl)cc(F)cc1Cl)N1CCN2C(=O)N([C@@H]3C[C@H]3c3ccccc3)C(=O)C2C1. The van der Waals surface area contributed by atoms with E-state index in [2.05, 4.69) is 5.32 Å². The summed E-state index contributed by atoms with van der Waals surface area (Å²) in [6.45, 7) is 0.553. The van der Waals surface area contributed by atoms with Crippen LogP contribution >= 0.6 is 23.2 Å². The molecular formula is C22H19Cl2FN4O3. The van der Waals surface area contributed by atoms with Crippen LogP contribution in [-0.4, -0.2) is 64.4 Å². The van der Waals surface area contributed by atoms with Gasteiger partial charge in [-0.1, -0.05) is 53.5 Å². The molecule has 5 amide bonds. The summed E-state index contributed by atoms with van der Waals surface area (Å²) in [5.41, 5.74) is 1.21. The fourth-order valence-electron chi connectivity index (χ4n) is 4.48. The number of hydrogen-bond donors (Lipinski definition) is 1. The first-order chi connectivity index (χ1) is 15.3. The summed E-state index contributed by atoms with van der Waals surface area (Å²) in [4.78, 5) is 43.1. The number of carbonyl (C=O) groups is 3. The van der Waals surface area contributed by atoms with Gasteiger partial charge in [-0.3, -0.25) is 9.69 Å². The molecule has 2 aromatic carbocycles. The van der Waals surface area contributed by atoms with E-state index < -0.39 is 17.9 Å². The number of carbonyl (C=O) groups excluding carboxylic acids is 3. The van der Waals surface area contributed by atoms with Gasteiger partial charge in [0, 0.05) is 25.0 Å². The average Bonchev–Trinajstić information content (AvgIpc) is 3.52. The van der Waals surface area contributed by atoms with Crippen LogP contribution < -0.4 is 5.32 Å². The van der Waals surface area contributed by atoms with Crippen molar-refractivity contribution in [2.75, 3.05) is 25.0 Å². The lowest BCUT2D eigenvalue weighted by Crippen LogP contribution is -2.55. The van der Waals surface area contributed by atoms with E-state index in [4.69, 9.17) is 23.2 Å². The van der Waals surface area contributed by atoms with Crippen molar-refractivity contribution in [2.45, 2.75) is 24.4 Å². The van der Waals surface area contributed by atoms with E-state index in [1.54, 1.807) is 0 Å². The Hall–Kier alpha value is -2.84. The molecule has 0 spiro atoms. The number of rotatable bonds is 3. The van der Waals surface area contributed by atoms with Crippen molar-refractivity contribution >= 4 is 46.9 Å². The molecule has 0 aromatic heterocycles. The third kappa shape index (κ3) is 3.57. The Morgan fingerprint density at radius 2 is 1.75 bits per heavy atom. The lowest BCUT2D eigenvalue weighted by atomic mass is 10.1. The molecular weight excluding hydrogens is 458 g/mol. The molecule has 0 bridgehead atoms. The van der Waals surface area contributed by atoms with Crippen molar-refractivity contribution in [3.05, 3.63) is 63.9 Å². The second kappa shape index (κ2) is 7.94. The number of fused-ring (bicyclic) bond motifs is 1. The van der Waals surface area contributed by atoms with E-state index in [1.807, 2.05) is 30.3 Å². The summed E-state index contributed by atoms with van der Waals surface area (Å²) in [5, 5.41) is 2.53. The van der Waals surface area contributed by atoms with Crippen LogP contribution in [0.3, 0.4) is 0 Å². The molecule has 1 aliphatic carbocycles. The van der Waals surface area contributed by atoms with Gasteiger partial charge >= 0.3 is 12.1 Å². The van der Waals surface area contributed by atoms with Crippen LogP contribution in [-0.2, 0) is 4.79 Å². The quantitative estimate of drug-likeness (QED) is 0.675. The van der Waals surface area contributed by atoms with Crippen LogP contribution in [0.4, 0.5) is 19.7 Å². The molecule has 166 valence electrons. The zero-order valence-corrected chi connectivity index (χ0v) is 18.3. The van der Waals surface area contributed by atoms with Crippen molar-refractivity contribution in [3.8, 4) is 0 Å². The van der Waals surface area contributed by atoms with Crippen molar-refractivity contribution in [3.63, 3.8) is 0 Å². The molecule has 1 N–H and O–H groups in total. The van der Waals surface area contributed by atoms with Crippen molar-refractivity contribution in [2.24, 2.45) is 0 Å². The molecule has 32 heavy (non-hydrogen) atoms. The van der Waals surface area contributed by atoms with Gasteiger partial charge in [0.1, 0.15) is 11.9 Å². The van der Waals surface area contributed by atoms with Gasteiger partial charge < -0.3 is 15.1 Å². The number of nitrogens with one attached hydrogen (secondary N) is 1. The fraction of sp³-hybridized carbons (Fsp3) is 0.318. The smallest absolute Gasteiger partial charge is 0.320 e. The number of nitrogens with zero attached hydrogens (tertiary/aromatic N) is 3. The Balaban J connectivity index is 1.28. The Morgan fingerprint density at radius 1 is 1.06 bits per heavy atom. The third-order valence-electron chi connectivity index (χ3n) is 6.20. The van der Waals surface area contributed by atoms with Crippen LogP contribution in [0.1, 0.15) is 17.9 Å². The summed E-state index contributed by atoms with van der Waals surface area (Å²) < 4.78 is 13.4. The minimum absolute atomic E-state index is 0.0269. The number of anilines is 1. The molecule has 7 nitrogen and oxygen atoms in total. The topological polar surface area (TPSA) is 73.0 Å². The summed E-state index contributed by atoms with van der Waals surface area (Å²) in [6, 6.07) is 10.2. The minimum Gasteiger partial charge on any atom is -0.320 e. The van der Waals surface area contributed by atoms with E-state index in [-0.39, 0.29) is 59.3 Å². The van der Waals surface area contributed by atoms with Crippen molar-refractivity contribution < 1.29 is 18.8 Å². The highest BCUT2D eigenvalue weighted by Crippen LogP contribution is 2.47. The number of benzene rings is 2. The summed E-state index contributed by atoms with van der Waals surface area (Å²) in [5.74, 6) is -0.753. The predicted molar refractivity (Wildman–Crippen MR) is 117 cm³/mol. The zero-order chi connectivity index (χ0) is 22.6. The van der Waals surface area contributed by atoms with Crippen LogP contribution in [0.5, 0.6) is 0 Å². The maximum atomic E-state index is 13.4. The number of urea groups is 2. The molecule has 1 unspecified atom stereocenters. The van der Waals surface area contributed by atoms with Gasteiger partial charge in [0.05, 0.1) is 22.3 Å². The van der Waals surface area contributed by atoms with Crippen molar-refractivity contribution in [1.82, 2.24) is 14.7 Å². The van der Waals surface area contributed by atoms with Crippen LogP contribution in [0.2, 0.25) is 10.0 Å². The summed E-state index contributed by atoms with van der Waals surface area (Å²) >= 11 is 12.0. The summed E-state index contributed by atoms with van der Waals surface area (Å²) in [6.07, 6.45) is 0.744. The number of imide groups is 1. The molecule has 0 radical (unpaired) electrons. The first-order valence-electron chi connectivity index (χ1n) is 10.2. The Labute approximate surface area is 193 Å². The highest BCUT2D eigenvalue weighted by atomic mass is 35.5. The molecule has 1 saturated carbocycles. The summed E-state index contributed by atoms with van der Waals surface area (Å²) in [7, 11) is 0. The first kappa shape index (κ1) is 21.0. The van der Waals surface area contributed by atoms with Gasteiger partial charge in [0.2, 0.25) is 0 Å². The van der Waals surface area contributed by atoms with Gasteiger partial charge in [-0.2, -0.15) is 0 Å². The van der Waals surface area contributed by atoms with Gasteiger partial charge in [-0.15, -0.1) is 0 Å². The molecule has 3 aliphatic rings. The molecule has 3 atom stereocenters. The number of amides is 5. The average molecular weight is 477 g/mol. The Morgan fingerprint density at radius 3 is 2.44 bits per heavy atom. The van der Waals surface area contributed by atoms with Gasteiger partial charge in [-0.05, 0) is 24.1 Å². The molecule has 2 heterocycles. The Bertz CT molecular complexity index is 1090. The lowest BCUT2D eigenvalue weighted by molar-refractivity contribution is -0.129. The second-order valence-electron chi connectivity index (χ2n) is 8.14. The van der Waals surface area contributed by atoms with E-state index in [0.29, 0.717) is 0 Å². The highest BCUT2D eigenvalue weighted by Gasteiger charge is 2.56. The fourth-order valence-corrected chi connectivity index (χ4v) is 5.03. The largest absolute Gasteiger partial charge is 0.327 e. The van der Waals surface area contributed by atoms with E-state index in [9.17, 15) is 18.8 Å². The highest BCUT2D eigenvalue weighted by molar-refractivity contribution is 6.39. The monoisotopic (exact) mass is 476 g/mol. The van der Waals surface area contributed by atoms with Crippen LogP contribution in [0.15, 0.2) is 42.5 Å². The van der Waals surface area contributed by atoms with Gasteiger partial charge in [-0.25, -0.2) is 14.0 Å². The van der Waals surface area contributed by atoms with Gasteiger partial charge in [0.25, 0.3) is 5.91 Å². The number of halogens is 3. The van der Waals surface area contributed by atoms with E-state index >= 15 is 0 Å². The molecule has 5 rings (SSSR count). The third-order valence-corrected chi connectivity index (χ3v) is 6.79. The number of piperazine rings is 1. The van der Waals surface area contributed by atoms with Crippen LogP contribution in [0.25, 0.3) is 0 Å². The maximum Gasteiger partial charge on any atom is 0.327 e.